The third kappa shape index (κ3) is 4.50. The van der Waals surface area contributed by atoms with E-state index in [0.717, 1.165) is 24.5 Å². The van der Waals surface area contributed by atoms with E-state index in [2.05, 4.69) is 33.0 Å². The number of nitrogens with zero attached hydrogens (tertiary/aromatic N) is 1. The Balaban J connectivity index is 1.35. The molecule has 3 N–H and O–H groups in total. The average molecular weight is 409 g/mol. The lowest BCUT2D eigenvalue weighted by atomic mass is 10.1. The highest BCUT2D eigenvalue weighted by atomic mass is 16.5. The van der Waals surface area contributed by atoms with Gasteiger partial charge in [-0.1, -0.05) is 0 Å². The molecule has 0 aliphatic carbocycles. The molecule has 4 rings (SSSR count). The van der Waals surface area contributed by atoms with E-state index in [1.807, 2.05) is 18.2 Å². The smallest absolute Gasteiger partial charge is 0.265 e. The molecular formula is C23H28N4O3. The first-order chi connectivity index (χ1) is 14.5. The molecular weight excluding hydrogens is 380 g/mol. The summed E-state index contributed by atoms with van der Waals surface area (Å²) in [6, 6.07) is 13.0. The van der Waals surface area contributed by atoms with Crippen molar-refractivity contribution in [3.8, 4) is 5.75 Å². The number of piperidine rings is 1. The Morgan fingerprint density at radius 2 is 1.80 bits per heavy atom. The molecule has 2 atom stereocenters. The second-order valence-electron chi connectivity index (χ2n) is 7.91. The Hall–Kier alpha value is -3.22. The van der Waals surface area contributed by atoms with Gasteiger partial charge < -0.3 is 25.6 Å². The Labute approximate surface area is 176 Å². The maximum Gasteiger partial charge on any atom is 0.265 e. The van der Waals surface area contributed by atoms with Crippen molar-refractivity contribution in [1.29, 1.82) is 0 Å². The quantitative estimate of drug-likeness (QED) is 0.700. The number of anilines is 4. The molecule has 7 heteroatoms. The molecule has 0 radical (unpaired) electrons. The number of carbonyl (C=O) groups is 2. The summed E-state index contributed by atoms with van der Waals surface area (Å²) in [5.74, 6) is 0.310. The van der Waals surface area contributed by atoms with Gasteiger partial charge in [0, 0.05) is 30.2 Å². The number of hydrogen-bond donors (Lipinski definition) is 3. The standard InChI is InChI=1S/C23H28N4O3/c1-15(24-18-8-11-21-20(14-18)26-23(29)16(2)30-21)22(28)25-17-6-9-19(10-7-17)27-12-4-3-5-13-27/h6-11,14-16,24H,3-5,12-13H2,1-2H3,(H,25,28)(H,26,29)/t15-,16-/m1/s1. The van der Waals surface area contributed by atoms with Gasteiger partial charge in [-0.3, -0.25) is 9.59 Å². The Morgan fingerprint density at radius 1 is 1.10 bits per heavy atom. The summed E-state index contributed by atoms with van der Waals surface area (Å²) in [6.07, 6.45) is 3.26. The SMILES string of the molecule is C[C@@H](Nc1ccc2c(c1)NC(=O)[C@@H](C)O2)C(=O)Nc1ccc(N2CCCCC2)cc1. The molecule has 1 fully saturated rings. The van der Waals surface area contributed by atoms with E-state index >= 15 is 0 Å². The molecule has 0 saturated carbocycles. The second-order valence-corrected chi connectivity index (χ2v) is 7.91. The monoisotopic (exact) mass is 408 g/mol. The largest absolute Gasteiger partial charge is 0.479 e. The topological polar surface area (TPSA) is 82.7 Å². The first kappa shape index (κ1) is 20.1. The number of nitrogens with one attached hydrogen (secondary N) is 3. The molecule has 0 bridgehead atoms. The first-order valence-electron chi connectivity index (χ1n) is 10.5. The minimum Gasteiger partial charge on any atom is -0.479 e. The van der Waals surface area contributed by atoms with Crippen LogP contribution >= 0.6 is 0 Å². The van der Waals surface area contributed by atoms with E-state index in [9.17, 15) is 9.59 Å². The van der Waals surface area contributed by atoms with Gasteiger partial charge in [0.05, 0.1) is 5.69 Å². The van der Waals surface area contributed by atoms with Gasteiger partial charge in [0.1, 0.15) is 11.8 Å². The Bertz CT molecular complexity index is 923. The van der Waals surface area contributed by atoms with Crippen molar-refractivity contribution in [2.45, 2.75) is 45.3 Å². The molecule has 1 saturated heterocycles. The lowest BCUT2D eigenvalue weighted by Gasteiger charge is -2.29. The number of rotatable bonds is 5. The fourth-order valence-electron chi connectivity index (χ4n) is 3.77. The summed E-state index contributed by atoms with van der Waals surface area (Å²) in [5, 5.41) is 8.94. The molecule has 7 nitrogen and oxygen atoms in total. The van der Waals surface area contributed by atoms with Crippen LogP contribution in [0, 0.1) is 0 Å². The maximum absolute atomic E-state index is 12.6. The molecule has 2 amide bonds. The van der Waals surface area contributed by atoms with Crippen molar-refractivity contribution >= 4 is 34.6 Å². The van der Waals surface area contributed by atoms with Crippen LogP contribution in [0.3, 0.4) is 0 Å². The summed E-state index contributed by atoms with van der Waals surface area (Å²) in [5.41, 5.74) is 3.31. The van der Waals surface area contributed by atoms with Crippen LogP contribution in [0.4, 0.5) is 22.7 Å². The summed E-state index contributed by atoms with van der Waals surface area (Å²) < 4.78 is 5.56. The maximum atomic E-state index is 12.6. The fourth-order valence-corrected chi connectivity index (χ4v) is 3.77. The number of carbonyl (C=O) groups excluding carboxylic acids is 2. The molecule has 2 aliphatic heterocycles. The average Bonchev–Trinajstić information content (AvgIpc) is 2.76. The van der Waals surface area contributed by atoms with Crippen molar-refractivity contribution in [3.05, 3.63) is 42.5 Å². The molecule has 0 aromatic heterocycles. The molecule has 2 aromatic carbocycles. The third-order valence-corrected chi connectivity index (χ3v) is 5.54. The second kappa shape index (κ2) is 8.65. The molecule has 158 valence electrons. The fraction of sp³-hybridized carbons (Fsp3) is 0.391. The van der Waals surface area contributed by atoms with E-state index in [1.165, 1.54) is 24.9 Å². The summed E-state index contributed by atoms with van der Waals surface area (Å²) >= 11 is 0. The van der Waals surface area contributed by atoms with Crippen LogP contribution in [0.1, 0.15) is 33.1 Å². The highest BCUT2D eigenvalue weighted by Gasteiger charge is 2.24. The van der Waals surface area contributed by atoms with Crippen LogP contribution in [0.15, 0.2) is 42.5 Å². The van der Waals surface area contributed by atoms with Gasteiger partial charge in [-0.05, 0) is 75.6 Å². The van der Waals surface area contributed by atoms with E-state index in [0.29, 0.717) is 11.4 Å². The number of fused-ring (bicyclic) bond motifs is 1. The highest BCUT2D eigenvalue weighted by molar-refractivity contribution is 5.99. The van der Waals surface area contributed by atoms with Crippen LogP contribution in [0.2, 0.25) is 0 Å². The summed E-state index contributed by atoms with van der Waals surface area (Å²) in [4.78, 5) is 26.8. The van der Waals surface area contributed by atoms with Gasteiger partial charge in [-0.25, -0.2) is 0 Å². The van der Waals surface area contributed by atoms with Gasteiger partial charge in [0.25, 0.3) is 5.91 Å². The number of ether oxygens (including phenoxy) is 1. The van der Waals surface area contributed by atoms with Gasteiger partial charge >= 0.3 is 0 Å². The molecule has 2 aliphatic rings. The zero-order valence-electron chi connectivity index (χ0n) is 17.4. The van der Waals surface area contributed by atoms with Crippen LogP contribution in [-0.2, 0) is 9.59 Å². The predicted molar refractivity (Wildman–Crippen MR) is 119 cm³/mol. The minimum atomic E-state index is -0.512. The van der Waals surface area contributed by atoms with Crippen molar-refractivity contribution in [3.63, 3.8) is 0 Å². The molecule has 2 heterocycles. The van der Waals surface area contributed by atoms with Crippen molar-refractivity contribution in [1.82, 2.24) is 0 Å². The molecule has 30 heavy (non-hydrogen) atoms. The lowest BCUT2D eigenvalue weighted by molar-refractivity contribution is -0.122. The third-order valence-electron chi connectivity index (χ3n) is 5.54. The van der Waals surface area contributed by atoms with Gasteiger partial charge in [-0.15, -0.1) is 0 Å². The first-order valence-corrected chi connectivity index (χ1v) is 10.5. The summed E-state index contributed by atoms with van der Waals surface area (Å²) in [7, 11) is 0. The van der Waals surface area contributed by atoms with E-state index < -0.39 is 12.1 Å². The number of amides is 2. The van der Waals surface area contributed by atoms with Crippen molar-refractivity contribution < 1.29 is 14.3 Å². The Morgan fingerprint density at radius 3 is 2.53 bits per heavy atom. The van der Waals surface area contributed by atoms with Gasteiger partial charge in [0.2, 0.25) is 5.91 Å². The van der Waals surface area contributed by atoms with Gasteiger partial charge in [0.15, 0.2) is 6.10 Å². The Kier molecular flexibility index (Phi) is 5.79. The van der Waals surface area contributed by atoms with Gasteiger partial charge in [-0.2, -0.15) is 0 Å². The van der Waals surface area contributed by atoms with Crippen molar-refractivity contribution in [2.24, 2.45) is 0 Å². The summed E-state index contributed by atoms with van der Waals surface area (Å²) in [6.45, 7) is 5.69. The molecule has 0 unspecified atom stereocenters. The number of hydrogen-bond acceptors (Lipinski definition) is 5. The zero-order valence-corrected chi connectivity index (χ0v) is 17.4. The zero-order chi connectivity index (χ0) is 21.1. The van der Waals surface area contributed by atoms with E-state index in [4.69, 9.17) is 4.74 Å². The van der Waals surface area contributed by atoms with Crippen LogP contribution in [0.25, 0.3) is 0 Å². The predicted octanol–water partition coefficient (Wildman–Crippen LogP) is 3.84. The van der Waals surface area contributed by atoms with Crippen LogP contribution in [0.5, 0.6) is 5.75 Å². The van der Waals surface area contributed by atoms with Crippen LogP contribution in [-0.4, -0.2) is 37.0 Å². The van der Waals surface area contributed by atoms with E-state index in [-0.39, 0.29) is 11.8 Å². The molecule has 0 spiro atoms. The highest BCUT2D eigenvalue weighted by Crippen LogP contribution is 2.32. The normalized spacial score (nSPS) is 19.2. The van der Waals surface area contributed by atoms with E-state index in [1.54, 1.807) is 26.0 Å². The van der Waals surface area contributed by atoms with Crippen LogP contribution < -0.4 is 25.6 Å². The minimum absolute atomic E-state index is 0.132. The lowest BCUT2D eigenvalue weighted by Crippen LogP contribution is -2.34. The molecule has 2 aromatic rings. The number of benzene rings is 2. The van der Waals surface area contributed by atoms with Crippen molar-refractivity contribution in [2.75, 3.05) is 33.9 Å².